The fourth-order valence-corrected chi connectivity index (χ4v) is 4.66. The Morgan fingerprint density at radius 3 is 2.48 bits per heavy atom. The summed E-state index contributed by atoms with van der Waals surface area (Å²) in [5.74, 6) is 0.392. The molecule has 0 saturated heterocycles. The van der Waals surface area contributed by atoms with Crippen molar-refractivity contribution in [3.05, 3.63) is 101 Å². The van der Waals surface area contributed by atoms with Gasteiger partial charge in [-0.3, -0.25) is 9.69 Å². The molecular weight excluding hydrogens is 509 g/mol. The molecule has 8 heteroatoms. The number of hydrogen-bond donors (Lipinski definition) is 3. The highest BCUT2D eigenvalue weighted by atomic mass is 19.1. The van der Waals surface area contributed by atoms with Crippen molar-refractivity contribution in [1.82, 2.24) is 15.2 Å². The summed E-state index contributed by atoms with van der Waals surface area (Å²) in [5.41, 5.74) is 5.57. The molecule has 0 unspecified atom stereocenters. The lowest BCUT2D eigenvalue weighted by atomic mass is 10.1. The molecule has 0 radical (unpaired) electrons. The Hall–Kier alpha value is -3.72. The number of aliphatic hydroxyl groups is 1. The van der Waals surface area contributed by atoms with E-state index in [4.69, 9.17) is 9.47 Å². The number of carbonyl (C=O) groups excluding carboxylic acids is 1. The second-order valence-corrected chi connectivity index (χ2v) is 9.86. The van der Waals surface area contributed by atoms with Crippen LogP contribution in [0.25, 0.3) is 10.9 Å². The summed E-state index contributed by atoms with van der Waals surface area (Å²) in [6.45, 7) is 3.15. The standard InChI is InChI=1S/C32H38FN3O4/c1-39-29-12-13-31-30(19-29)27(20-35-31)14-16-36(17-18-37)21-25-6-4-24(5-7-25)3-2-15-34-32(38)23-40-22-26-8-10-28(33)11-9-26/h4-13,19-20,35,37H,2-3,14-18,21-23H2,1H3,(H,34,38). The number of carbonyl (C=O) groups is 1. The number of nitrogens with zero attached hydrogens (tertiary/aromatic N) is 1. The minimum absolute atomic E-state index is 0.0229. The van der Waals surface area contributed by atoms with Gasteiger partial charge in [0.15, 0.2) is 0 Å². The normalized spacial score (nSPS) is 11.3. The van der Waals surface area contributed by atoms with Gasteiger partial charge in [-0.25, -0.2) is 4.39 Å². The van der Waals surface area contributed by atoms with Crippen LogP contribution in [0, 0.1) is 5.82 Å². The van der Waals surface area contributed by atoms with E-state index in [2.05, 4.69) is 51.7 Å². The predicted octanol–water partition coefficient (Wildman–Crippen LogP) is 4.62. The van der Waals surface area contributed by atoms with Gasteiger partial charge in [0.25, 0.3) is 0 Å². The van der Waals surface area contributed by atoms with Gasteiger partial charge in [0, 0.05) is 43.3 Å². The number of H-pyrrole nitrogens is 1. The van der Waals surface area contributed by atoms with Gasteiger partial charge in [-0.2, -0.15) is 0 Å². The number of halogens is 1. The van der Waals surface area contributed by atoms with Crippen LogP contribution < -0.4 is 10.1 Å². The molecule has 0 saturated carbocycles. The Bertz CT molecular complexity index is 1340. The quantitative estimate of drug-likeness (QED) is 0.178. The van der Waals surface area contributed by atoms with Crippen molar-refractivity contribution >= 4 is 16.8 Å². The van der Waals surface area contributed by atoms with Crippen LogP contribution >= 0.6 is 0 Å². The number of benzene rings is 3. The maximum atomic E-state index is 12.9. The van der Waals surface area contributed by atoms with Gasteiger partial charge in [0.1, 0.15) is 18.2 Å². The summed E-state index contributed by atoms with van der Waals surface area (Å²) >= 11 is 0. The van der Waals surface area contributed by atoms with Crippen LogP contribution in [0.3, 0.4) is 0 Å². The molecule has 0 bridgehead atoms. The number of hydrogen-bond acceptors (Lipinski definition) is 5. The maximum Gasteiger partial charge on any atom is 0.246 e. The lowest BCUT2D eigenvalue weighted by Crippen LogP contribution is -2.29. The van der Waals surface area contributed by atoms with Gasteiger partial charge < -0.3 is 24.9 Å². The molecule has 1 heterocycles. The van der Waals surface area contributed by atoms with Gasteiger partial charge in [0.2, 0.25) is 5.91 Å². The molecule has 0 aliphatic heterocycles. The molecule has 1 amide bonds. The van der Waals surface area contributed by atoms with Crippen LogP contribution in [0.5, 0.6) is 5.75 Å². The van der Waals surface area contributed by atoms with E-state index < -0.39 is 0 Å². The zero-order chi connectivity index (χ0) is 28.2. The number of aromatic nitrogens is 1. The maximum absolute atomic E-state index is 12.9. The monoisotopic (exact) mass is 547 g/mol. The highest BCUT2D eigenvalue weighted by Crippen LogP contribution is 2.24. The van der Waals surface area contributed by atoms with E-state index in [-0.39, 0.29) is 31.5 Å². The first kappa shape index (κ1) is 29.3. The Balaban J connectivity index is 1.16. The van der Waals surface area contributed by atoms with Crippen LogP contribution in [0.4, 0.5) is 4.39 Å². The molecule has 4 aromatic rings. The zero-order valence-electron chi connectivity index (χ0n) is 23.0. The van der Waals surface area contributed by atoms with Crippen molar-refractivity contribution in [1.29, 1.82) is 0 Å². The number of aryl methyl sites for hydroxylation is 1. The van der Waals surface area contributed by atoms with E-state index in [1.165, 1.54) is 34.2 Å². The number of methoxy groups -OCH3 is 1. The van der Waals surface area contributed by atoms with Crippen molar-refractivity contribution in [2.75, 3.05) is 40.0 Å². The van der Waals surface area contributed by atoms with Crippen LogP contribution in [-0.2, 0) is 35.5 Å². The number of rotatable bonds is 16. The van der Waals surface area contributed by atoms with Crippen LogP contribution in [0.15, 0.2) is 72.9 Å². The molecule has 0 spiro atoms. The third kappa shape index (κ3) is 8.91. The van der Waals surface area contributed by atoms with Crippen LogP contribution in [0.2, 0.25) is 0 Å². The molecule has 1 aromatic heterocycles. The number of amides is 1. The highest BCUT2D eigenvalue weighted by molar-refractivity contribution is 5.84. The smallest absolute Gasteiger partial charge is 0.246 e. The fourth-order valence-electron chi connectivity index (χ4n) is 4.66. The van der Waals surface area contributed by atoms with Crippen molar-refractivity contribution < 1.29 is 23.8 Å². The van der Waals surface area contributed by atoms with Gasteiger partial charge in [-0.1, -0.05) is 36.4 Å². The molecule has 0 aliphatic rings. The van der Waals surface area contributed by atoms with Crippen molar-refractivity contribution in [2.45, 2.75) is 32.4 Å². The van der Waals surface area contributed by atoms with Crippen LogP contribution in [-0.4, -0.2) is 60.9 Å². The summed E-state index contributed by atoms with van der Waals surface area (Å²) in [7, 11) is 1.68. The van der Waals surface area contributed by atoms with E-state index in [9.17, 15) is 14.3 Å². The van der Waals surface area contributed by atoms with Crippen molar-refractivity contribution in [2.24, 2.45) is 0 Å². The van der Waals surface area contributed by atoms with E-state index in [1.807, 2.05) is 12.1 Å². The second-order valence-electron chi connectivity index (χ2n) is 9.86. The molecular formula is C32H38FN3O4. The molecule has 7 nitrogen and oxygen atoms in total. The van der Waals surface area contributed by atoms with E-state index in [0.29, 0.717) is 13.1 Å². The third-order valence-electron chi connectivity index (χ3n) is 6.90. The molecule has 0 atom stereocenters. The molecule has 3 aromatic carbocycles. The Morgan fingerprint density at radius 2 is 1.73 bits per heavy atom. The third-order valence-corrected chi connectivity index (χ3v) is 6.90. The SMILES string of the molecule is COc1ccc2[nH]cc(CCN(CCO)Cc3ccc(CCCNC(=O)COCc4ccc(F)cc4)cc3)c2c1. The minimum Gasteiger partial charge on any atom is -0.497 e. The number of nitrogens with one attached hydrogen (secondary N) is 2. The van der Waals surface area contributed by atoms with E-state index in [1.54, 1.807) is 19.2 Å². The lowest BCUT2D eigenvalue weighted by molar-refractivity contribution is -0.126. The number of aromatic amines is 1. The molecule has 4 rings (SSSR count). The first-order valence-electron chi connectivity index (χ1n) is 13.7. The Kier molecular flexibility index (Phi) is 11.1. The largest absolute Gasteiger partial charge is 0.497 e. The van der Waals surface area contributed by atoms with Gasteiger partial charge in [0.05, 0.1) is 20.3 Å². The second kappa shape index (κ2) is 15.2. The predicted molar refractivity (Wildman–Crippen MR) is 155 cm³/mol. The fraction of sp³-hybridized carbons (Fsp3) is 0.344. The molecule has 40 heavy (non-hydrogen) atoms. The lowest BCUT2D eigenvalue weighted by Gasteiger charge is -2.21. The first-order chi connectivity index (χ1) is 19.5. The highest BCUT2D eigenvalue weighted by Gasteiger charge is 2.10. The molecule has 0 fully saturated rings. The average Bonchev–Trinajstić information content (AvgIpc) is 3.38. The summed E-state index contributed by atoms with van der Waals surface area (Å²) in [5, 5.41) is 13.7. The van der Waals surface area contributed by atoms with E-state index in [0.717, 1.165) is 49.2 Å². The number of ether oxygens (including phenoxy) is 2. The minimum atomic E-state index is -0.293. The summed E-state index contributed by atoms with van der Waals surface area (Å²) in [4.78, 5) is 17.6. The number of fused-ring (bicyclic) bond motifs is 1. The number of aliphatic hydroxyl groups excluding tert-OH is 1. The topological polar surface area (TPSA) is 86.8 Å². The first-order valence-corrected chi connectivity index (χ1v) is 13.7. The summed E-state index contributed by atoms with van der Waals surface area (Å²) < 4.78 is 23.7. The molecule has 3 N–H and O–H groups in total. The van der Waals surface area contributed by atoms with E-state index >= 15 is 0 Å². The van der Waals surface area contributed by atoms with Gasteiger partial charge in [-0.15, -0.1) is 0 Å². The molecule has 212 valence electrons. The van der Waals surface area contributed by atoms with Crippen LogP contribution in [0.1, 0.15) is 28.7 Å². The Labute approximate surface area is 234 Å². The van der Waals surface area contributed by atoms with Gasteiger partial charge >= 0.3 is 0 Å². The van der Waals surface area contributed by atoms with Crippen molar-refractivity contribution in [3.8, 4) is 5.75 Å². The summed E-state index contributed by atoms with van der Waals surface area (Å²) in [6, 6.07) is 20.6. The summed E-state index contributed by atoms with van der Waals surface area (Å²) in [6.07, 6.45) is 4.62. The molecule has 0 aliphatic carbocycles. The zero-order valence-corrected chi connectivity index (χ0v) is 23.0. The Morgan fingerprint density at radius 1 is 0.975 bits per heavy atom. The van der Waals surface area contributed by atoms with Crippen molar-refractivity contribution in [3.63, 3.8) is 0 Å². The average molecular weight is 548 g/mol. The van der Waals surface area contributed by atoms with Gasteiger partial charge in [-0.05, 0) is 71.8 Å².